The normalized spacial score (nSPS) is 13.5. The summed E-state index contributed by atoms with van der Waals surface area (Å²) in [6, 6.07) is 15.4. The van der Waals surface area contributed by atoms with Crippen LogP contribution < -0.4 is 14.8 Å². The molecular weight excluding hydrogens is 437 g/mol. The lowest BCUT2D eigenvalue weighted by Gasteiger charge is -2.21. The number of methoxy groups -OCH3 is 2. The van der Waals surface area contributed by atoms with E-state index in [2.05, 4.69) is 5.32 Å². The predicted molar refractivity (Wildman–Crippen MR) is 128 cm³/mol. The molecule has 1 fully saturated rings. The summed E-state index contributed by atoms with van der Waals surface area (Å²) in [5.74, 6) is 1.34. The Labute approximate surface area is 194 Å². The summed E-state index contributed by atoms with van der Waals surface area (Å²) < 4.78 is 10.8. The summed E-state index contributed by atoms with van der Waals surface area (Å²) in [5, 5.41) is 4.22. The molecule has 1 saturated heterocycles. The summed E-state index contributed by atoms with van der Waals surface area (Å²) in [5.41, 5.74) is 3.10. The highest BCUT2D eigenvalue weighted by Crippen LogP contribution is 2.33. The Bertz CT molecular complexity index is 1040. The van der Waals surface area contributed by atoms with Gasteiger partial charge in [-0.2, -0.15) is 0 Å². The highest BCUT2D eigenvalue weighted by Gasteiger charge is 2.21. The summed E-state index contributed by atoms with van der Waals surface area (Å²) in [6.07, 6.45) is 0.956. The van der Waals surface area contributed by atoms with Crippen LogP contribution in [0.2, 0.25) is 0 Å². The average Bonchev–Trinajstić information content (AvgIpc) is 3.07. The highest BCUT2D eigenvalue weighted by atomic mass is 35.5. The summed E-state index contributed by atoms with van der Waals surface area (Å²) in [6.45, 7) is 3.23. The van der Waals surface area contributed by atoms with Gasteiger partial charge in [0.2, 0.25) is 0 Å². The first-order valence-corrected chi connectivity index (χ1v) is 9.83. The number of nitrogens with one attached hydrogen (secondary N) is 1. The van der Waals surface area contributed by atoms with Crippen molar-refractivity contribution in [2.24, 2.45) is 0 Å². The van der Waals surface area contributed by atoms with Gasteiger partial charge in [0, 0.05) is 30.6 Å². The second-order valence-corrected chi connectivity index (χ2v) is 7.04. The molecule has 6 nitrogen and oxygen atoms in total. The number of rotatable bonds is 4. The third-order valence-electron chi connectivity index (χ3n) is 5.25. The summed E-state index contributed by atoms with van der Waals surface area (Å²) in [4.78, 5) is 20.1. The average molecular weight is 464 g/mol. The molecule has 0 unspecified atom stereocenters. The van der Waals surface area contributed by atoms with Crippen LogP contribution in [0.15, 0.2) is 48.5 Å². The number of fused-ring (bicyclic) bond motifs is 1. The number of ether oxygens (including phenoxy) is 2. The Kier molecular flexibility index (Phi) is 8.92. The number of aromatic nitrogens is 1. The van der Waals surface area contributed by atoms with Crippen LogP contribution >= 0.6 is 24.8 Å². The molecule has 0 radical (unpaired) electrons. The van der Waals surface area contributed by atoms with E-state index in [1.54, 1.807) is 14.2 Å². The van der Waals surface area contributed by atoms with Crippen LogP contribution in [-0.2, 0) is 0 Å². The number of nitrogens with zero attached hydrogens (tertiary/aromatic N) is 2. The van der Waals surface area contributed by atoms with Gasteiger partial charge in [0.05, 0.1) is 31.0 Å². The molecule has 0 aliphatic carbocycles. The number of halogens is 2. The Morgan fingerprint density at radius 1 is 0.968 bits per heavy atom. The minimum absolute atomic E-state index is 0. The molecule has 1 aromatic heterocycles. The fourth-order valence-corrected chi connectivity index (χ4v) is 3.71. The highest BCUT2D eigenvalue weighted by molar-refractivity contribution is 6.07. The standard InChI is InChI=1S/C23H25N3O3.2ClH/c1-28-21-9-8-16(14-22(21)29-2)20-15-18(17-6-3-4-7-19(17)25-20)23(27)26-12-5-10-24-11-13-26;;/h3-4,6-9,14-15,24H,5,10-13H2,1-2H3;2*1H. The van der Waals surface area contributed by atoms with E-state index in [1.165, 1.54) is 0 Å². The Hall–Kier alpha value is -2.54. The SMILES string of the molecule is COc1ccc(-c2cc(C(=O)N3CCCNCC3)c3ccccc3n2)cc1OC.Cl.Cl. The predicted octanol–water partition coefficient (Wildman–Crippen LogP) is 4.20. The van der Waals surface area contributed by atoms with Gasteiger partial charge in [-0.15, -0.1) is 24.8 Å². The maximum atomic E-state index is 13.4. The number of pyridine rings is 1. The van der Waals surface area contributed by atoms with E-state index < -0.39 is 0 Å². The molecule has 3 aromatic rings. The topological polar surface area (TPSA) is 63.7 Å². The number of hydrogen-bond donors (Lipinski definition) is 1. The monoisotopic (exact) mass is 463 g/mol. The molecule has 0 spiro atoms. The zero-order chi connectivity index (χ0) is 20.2. The maximum absolute atomic E-state index is 13.4. The van der Waals surface area contributed by atoms with Gasteiger partial charge in [-0.25, -0.2) is 4.98 Å². The molecule has 2 aromatic carbocycles. The van der Waals surface area contributed by atoms with Crippen LogP contribution in [0.3, 0.4) is 0 Å². The smallest absolute Gasteiger partial charge is 0.254 e. The van der Waals surface area contributed by atoms with Crippen molar-refractivity contribution in [3.05, 3.63) is 54.1 Å². The van der Waals surface area contributed by atoms with Crippen LogP contribution in [0, 0.1) is 0 Å². The number of benzene rings is 2. The first-order chi connectivity index (χ1) is 14.2. The molecule has 1 N–H and O–H groups in total. The molecule has 31 heavy (non-hydrogen) atoms. The molecule has 2 heterocycles. The van der Waals surface area contributed by atoms with Gasteiger partial charge in [0.25, 0.3) is 5.91 Å². The van der Waals surface area contributed by atoms with Crippen molar-refractivity contribution in [1.82, 2.24) is 15.2 Å². The molecular formula is C23H27Cl2N3O3. The van der Waals surface area contributed by atoms with E-state index in [-0.39, 0.29) is 30.7 Å². The zero-order valence-corrected chi connectivity index (χ0v) is 19.2. The lowest BCUT2D eigenvalue weighted by Crippen LogP contribution is -2.34. The third kappa shape index (κ3) is 5.21. The molecule has 0 saturated carbocycles. The van der Waals surface area contributed by atoms with E-state index in [0.29, 0.717) is 23.6 Å². The van der Waals surface area contributed by atoms with Crippen molar-refractivity contribution in [3.63, 3.8) is 0 Å². The summed E-state index contributed by atoms with van der Waals surface area (Å²) in [7, 11) is 3.22. The van der Waals surface area contributed by atoms with Gasteiger partial charge in [0.15, 0.2) is 11.5 Å². The number of para-hydroxylation sites is 1. The fourth-order valence-electron chi connectivity index (χ4n) is 3.71. The Balaban J connectivity index is 0.00000171. The molecule has 1 aliphatic heterocycles. The van der Waals surface area contributed by atoms with Gasteiger partial charge < -0.3 is 19.7 Å². The van der Waals surface area contributed by atoms with E-state index in [1.807, 2.05) is 53.4 Å². The molecule has 166 valence electrons. The second-order valence-electron chi connectivity index (χ2n) is 7.04. The lowest BCUT2D eigenvalue weighted by atomic mass is 10.0. The number of carbonyl (C=O) groups is 1. The summed E-state index contributed by atoms with van der Waals surface area (Å²) >= 11 is 0. The number of hydrogen-bond acceptors (Lipinski definition) is 5. The van der Waals surface area contributed by atoms with Crippen LogP contribution in [0.5, 0.6) is 11.5 Å². The van der Waals surface area contributed by atoms with Crippen molar-refractivity contribution in [3.8, 4) is 22.8 Å². The van der Waals surface area contributed by atoms with E-state index in [0.717, 1.165) is 48.2 Å². The van der Waals surface area contributed by atoms with Crippen molar-refractivity contribution in [2.45, 2.75) is 6.42 Å². The molecule has 0 atom stereocenters. The van der Waals surface area contributed by atoms with Gasteiger partial charge >= 0.3 is 0 Å². The minimum atomic E-state index is 0. The fraction of sp³-hybridized carbons (Fsp3) is 0.304. The van der Waals surface area contributed by atoms with Gasteiger partial charge in [0.1, 0.15) is 0 Å². The first-order valence-electron chi connectivity index (χ1n) is 9.83. The molecule has 1 aliphatic rings. The quantitative estimate of drug-likeness (QED) is 0.627. The van der Waals surface area contributed by atoms with Crippen LogP contribution in [0.25, 0.3) is 22.2 Å². The second kappa shape index (κ2) is 11.2. The van der Waals surface area contributed by atoms with Crippen LogP contribution in [0.4, 0.5) is 0 Å². The first kappa shape index (κ1) is 24.7. The molecule has 0 bridgehead atoms. The van der Waals surface area contributed by atoms with Gasteiger partial charge in [-0.1, -0.05) is 18.2 Å². The van der Waals surface area contributed by atoms with Crippen molar-refractivity contribution < 1.29 is 14.3 Å². The molecule has 1 amide bonds. The number of amides is 1. The third-order valence-corrected chi connectivity index (χ3v) is 5.25. The zero-order valence-electron chi connectivity index (χ0n) is 17.6. The van der Waals surface area contributed by atoms with E-state index in [9.17, 15) is 4.79 Å². The van der Waals surface area contributed by atoms with Crippen molar-refractivity contribution in [2.75, 3.05) is 40.4 Å². The van der Waals surface area contributed by atoms with Gasteiger partial charge in [-0.3, -0.25) is 4.79 Å². The van der Waals surface area contributed by atoms with E-state index in [4.69, 9.17) is 14.5 Å². The van der Waals surface area contributed by atoms with Gasteiger partial charge in [-0.05, 0) is 43.3 Å². The Morgan fingerprint density at radius 2 is 1.74 bits per heavy atom. The minimum Gasteiger partial charge on any atom is -0.493 e. The largest absolute Gasteiger partial charge is 0.493 e. The van der Waals surface area contributed by atoms with Crippen LogP contribution in [0.1, 0.15) is 16.8 Å². The Morgan fingerprint density at radius 3 is 2.52 bits per heavy atom. The molecule has 4 rings (SSSR count). The van der Waals surface area contributed by atoms with Crippen molar-refractivity contribution >= 4 is 41.6 Å². The number of carbonyl (C=O) groups excluding carboxylic acids is 1. The lowest BCUT2D eigenvalue weighted by molar-refractivity contribution is 0.0768. The van der Waals surface area contributed by atoms with Crippen LogP contribution in [-0.4, -0.2) is 56.2 Å². The van der Waals surface area contributed by atoms with Crippen molar-refractivity contribution in [1.29, 1.82) is 0 Å². The molecule has 8 heteroatoms. The maximum Gasteiger partial charge on any atom is 0.254 e. The van der Waals surface area contributed by atoms with E-state index >= 15 is 0 Å².